The van der Waals surface area contributed by atoms with Crippen LogP contribution in [0.1, 0.15) is 20.8 Å². The molecule has 1 unspecified atom stereocenters. The van der Waals surface area contributed by atoms with Crippen molar-refractivity contribution in [2.75, 3.05) is 59.0 Å². The van der Waals surface area contributed by atoms with E-state index in [-0.39, 0.29) is 12.2 Å². The van der Waals surface area contributed by atoms with Crippen molar-refractivity contribution in [3.8, 4) is 0 Å². The van der Waals surface area contributed by atoms with E-state index in [0.717, 1.165) is 0 Å². The third kappa shape index (κ3) is 13.4. The summed E-state index contributed by atoms with van der Waals surface area (Å²) in [5.74, 6) is 0. The van der Waals surface area contributed by atoms with Crippen molar-refractivity contribution in [3.05, 3.63) is 0 Å². The molecule has 0 saturated heterocycles. The van der Waals surface area contributed by atoms with Gasteiger partial charge in [-0.15, -0.1) is 0 Å². The van der Waals surface area contributed by atoms with Gasteiger partial charge in [0.15, 0.2) is 0 Å². The van der Waals surface area contributed by atoms with E-state index < -0.39 is 7.60 Å². The van der Waals surface area contributed by atoms with Crippen LogP contribution in [0.25, 0.3) is 0 Å². The molecule has 0 aromatic carbocycles. The molecule has 0 radical (unpaired) electrons. The Morgan fingerprint density at radius 2 is 1.38 bits per heavy atom. The van der Waals surface area contributed by atoms with Gasteiger partial charge in [-0.3, -0.25) is 4.57 Å². The van der Waals surface area contributed by atoms with E-state index in [2.05, 4.69) is 0 Å². The van der Waals surface area contributed by atoms with E-state index in [1.807, 2.05) is 6.92 Å². The summed E-state index contributed by atoms with van der Waals surface area (Å²) in [6, 6.07) is 0.0414. The molecule has 0 spiro atoms. The molecule has 1 atom stereocenters. The van der Waals surface area contributed by atoms with E-state index in [1.165, 1.54) is 0 Å². The fraction of sp³-hybridized carbons (Fsp3) is 1.00. The quantitative estimate of drug-likeness (QED) is 0.361. The lowest BCUT2D eigenvalue weighted by Gasteiger charge is -2.16. The Morgan fingerprint density at radius 1 is 0.905 bits per heavy atom. The third-order valence-corrected chi connectivity index (χ3v) is 4.32. The zero-order chi connectivity index (χ0) is 16.0. The summed E-state index contributed by atoms with van der Waals surface area (Å²) in [7, 11) is -3.00. The number of nitrogens with two attached hydrogens (primary N) is 1. The molecule has 0 amide bonds. The highest BCUT2D eigenvalue weighted by atomic mass is 31.2. The lowest BCUT2D eigenvalue weighted by Crippen LogP contribution is -2.23. The van der Waals surface area contributed by atoms with Gasteiger partial charge in [-0.2, -0.15) is 0 Å². The maximum atomic E-state index is 12.1. The summed E-state index contributed by atoms with van der Waals surface area (Å²) in [6.07, 6.45) is 0.256. The maximum Gasteiger partial charge on any atom is 0.332 e. The molecule has 8 heteroatoms. The van der Waals surface area contributed by atoms with Crippen LogP contribution in [0.15, 0.2) is 0 Å². The van der Waals surface area contributed by atoms with Crippen LogP contribution < -0.4 is 5.73 Å². The van der Waals surface area contributed by atoms with Gasteiger partial charge in [0.2, 0.25) is 0 Å². The Bertz CT molecular complexity index is 267. The van der Waals surface area contributed by atoms with Crippen molar-refractivity contribution in [2.45, 2.75) is 26.8 Å². The number of hydrogen-bond acceptors (Lipinski definition) is 7. The van der Waals surface area contributed by atoms with Gasteiger partial charge < -0.3 is 29.0 Å². The van der Waals surface area contributed by atoms with Crippen molar-refractivity contribution >= 4 is 7.60 Å². The van der Waals surface area contributed by atoms with Gasteiger partial charge in [-0.1, -0.05) is 0 Å². The molecular formula is C13H30NO6P. The smallest absolute Gasteiger partial charge is 0.332 e. The minimum absolute atomic E-state index is 0.0414. The van der Waals surface area contributed by atoms with Crippen LogP contribution in [-0.2, 0) is 27.8 Å². The summed E-state index contributed by atoms with van der Waals surface area (Å²) in [5, 5.41) is 0. The van der Waals surface area contributed by atoms with Gasteiger partial charge in [0.25, 0.3) is 0 Å². The molecule has 0 aliphatic carbocycles. The molecule has 128 valence electrons. The van der Waals surface area contributed by atoms with Crippen molar-refractivity contribution in [2.24, 2.45) is 5.73 Å². The van der Waals surface area contributed by atoms with Gasteiger partial charge in [0, 0.05) is 6.04 Å². The SMILES string of the molecule is CCOP(=O)(CCOCCOCCOCC(C)N)OCC. The van der Waals surface area contributed by atoms with Crippen LogP contribution in [0.4, 0.5) is 0 Å². The highest BCUT2D eigenvalue weighted by molar-refractivity contribution is 7.53. The maximum absolute atomic E-state index is 12.1. The minimum Gasteiger partial charge on any atom is -0.378 e. The zero-order valence-corrected chi connectivity index (χ0v) is 14.3. The second kappa shape index (κ2) is 13.6. The van der Waals surface area contributed by atoms with E-state index in [9.17, 15) is 4.57 Å². The van der Waals surface area contributed by atoms with Gasteiger partial charge in [0.1, 0.15) is 0 Å². The van der Waals surface area contributed by atoms with Crippen LogP contribution in [0, 0.1) is 0 Å². The first-order valence-electron chi connectivity index (χ1n) is 7.41. The Balaban J connectivity index is 3.44. The summed E-state index contributed by atoms with van der Waals surface area (Å²) in [6.45, 7) is 8.97. The van der Waals surface area contributed by atoms with Gasteiger partial charge >= 0.3 is 7.60 Å². The Labute approximate surface area is 127 Å². The third-order valence-electron chi connectivity index (χ3n) is 2.29. The number of ether oxygens (including phenoxy) is 3. The average Bonchev–Trinajstić information content (AvgIpc) is 2.41. The second-order valence-electron chi connectivity index (χ2n) is 4.45. The highest BCUT2D eigenvalue weighted by Crippen LogP contribution is 2.47. The van der Waals surface area contributed by atoms with Crippen molar-refractivity contribution < 1.29 is 27.8 Å². The van der Waals surface area contributed by atoms with Gasteiger partial charge in [0.05, 0.1) is 59.0 Å². The second-order valence-corrected chi connectivity index (χ2v) is 6.63. The van der Waals surface area contributed by atoms with Crippen molar-refractivity contribution in [1.82, 2.24) is 0 Å². The lowest BCUT2D eigenvalue weighted by molar-refractivity contribution is 0.0148. The van der Waals surface area contributed by atoms with Gasteiger partial charge in [-0.25, -0.2) is 0 Å². The van der Waals surface area contributed by atoms with E-state index >= 15 is 0 Å². The minimum atomic E-state index is -3.00. The molecule has 0 bridgehead atoms. The summed E-state index contributed by atoms with van der Waals surface area (Å²) in [5.41, 5.74) is 5.54. The largest absolute Gasteiger partial charge is 0.378 e. The van der Waals surface area contributed by atoms with E-state index in [1.54, 1.807) is 13.8 Å². The molecule has 7 nitrogen and oxygen atoms in total. The first-order valence-corrected chi connectivity index (χ1v) is 9.13. The molecule has 2 N–H and O–H groups in total. The zero-order valence-electron chi connectivity index (χ0n) is 13.4. The monoisotopic (exact) mass is 327 g/mol. The molecule has 21 heavy (non-hydrogen) atoms. The molecular weight excluding hydrogens is 297 g/mol. The Hall–Kier alpha value is -0.0100. The van der Waals surface area contributed by atoms with Crippen molar-refractivity contribution in [1.29, 1.82) is 0 Å². The predicted octanol–water partition coefficient (Wildman–Crippen LogP) is 1.65. The summed E-state index contributed by atoms with van der Waals surface area (Å²) >= 11 is 0. The van der Waals surface area contributed by atoms with Crippen LogP contribution in [0.5, 0.6) is 0 Å². The fourth-order valence-corrected chi connectivity index (χ4v) is 2.92. The highest BCUT2D eigenvalue weighted by Gasteiger charge is 2.22. The van der Waals surface area contributed by atoms with Crippen LogP contribution in [0.2, 0.25) is 0 Å². The van der Waals surface area contributed by atoms with Crippen LogP contribution in [-0.4, -0.2) is 65.1 Å². The first-order chi connectivity index (χ1) is 10.0. The van der Waals surface area contributed by atoms with Crippen LogP contribution >= 0.6 is 7.60 Å². The summed E-state index contributed by atoms with van der Waals surface area (Å²) < 4.78 is 38.3. The summed E-state index contributed by atoms with van der Waals surface area (Å²) in [4.78, 5) is 0. The fourth-order valence-electron chi connectivity index (χ4n) is 1.45. The molecule has 0 aromatic rings. The van der Waals surface area contributed by atoms with Gasteiger partial charge in [-0.05, 0) is 20.8 Å². The topological polar surface area (TPSA) is 89.2 Å². The molecule has 0 aliphatic heterocycles. The molecule has 0 aliphatic rings. The first kappa shape index (κ1) is 21.0. The molecule has 0 aromatic heterocycles. The average molecular weight is 327 g/mol. The van der Waals surface area contributed by atoms with Crippen molar-refractivity contribution in [3.63, 3.8) is 0 Å². The van der Waals surface area contributed by atoms with E-state index in [4.69, 9.17) is 29.0 Å². The number of hydrogen-bond donors (Lipinski definition) is 1. The molecule has 0 rings (SSSR count). The number of rotatable bonds is 15. The van der Waals surface area contributed by atoms with E-state index in [0.29, 0.717) is 52.9 Å². The molecule has 0 heterocycles. The normalized spacial score (nSPS) is 13.5. The molecule has 0 fully saturated rings. The Kier molecular flexibility index (Phi) is 13.6. The predicted molar refractivity (Wildman–Crippen MR) is 81.8 cm³/mol. The van der Waals surface area contributed by atoms with Crippen LogP contribution in [0.3, 0.4) is 0 Å². The standard InChI is InChI=1S/C13H30NO6P/c1-4-19-21(15,20-5-2)11-10-17-7-6-16-8-9-18-12-13(3)14/h13H,4-12,14H2,1-3H3. The molecule has 0 saturated carbocycles. The Morgan fingerprint density at radius 3 is 1.86 bits per heavy atom. The lowest BCUT2D eigenvalue weighted by atomic mass is 10.4.